The van der Waals surface area contributed by atoms with E-state index in [9.17, 15) is 12.8 Å². The molecular weight excluding hydrogens is 363 g/mol. The summed E-state index contributed by atoms with van der Waals surface area (Å²) >= 11 is 0. The zero-order valence-corrected chi connectivity index (χ0v) is 17.5. The molecule has 3 rings (SSSR count). The molecule has 1 aliphatic rings. The molecule has 0 saturated carbocycles. The fraction of sp³-hybridized carbons (Fsp3) is 0.429. The second-order valence-corrected chi connectivity index (χ2v) is 9.17. The van der Waals surface area contributed by atoms with Crippen LogP contribution in [0.3, 0.4) is 0 Å². The van der Waals surface area contributed by atoms with Crippen molar-refractivity contribution in [1.82, 2.24) is 4.31 Å². The third-order valence-corrected chi connectivity index (χ3v) is 8.13. The maximum atomic E-state index is 14.0. The summed E-state index contributed by atoms with van der Waals surface area (Å²) in [5, 5.41) is 0. The van der Waals surface area contributed by atoms with Crippen LogP contribution in [-0.2, 0) is 10.0 Å². The van der Waals surface area contributed by atoms with Crippen LogP contribution in [0.2, 0.25) is 0 Å². The van der Waals surface area contributed by atoms with Crippen LogP contribution in [0.15, 0.2) is 29.2 Å². The number of sulfonamides is 1. The maximum absolute atomic E-state index is 14.0. The largest absolute Gasteiger partial charge is 0.367 e. The van der Waals surface area contributed by atoms with Crippen molar-refractivity contribution in [3.05, 3.63) is 57.9 Å². The Balaban J connectivity index is 1.90. The predicted molar refractivity (Wildman–Crippen MR) is 107 cm³/mol. The van der Waals surface area contributed by atoms with Gasteiger partial charge in [0.05, 0.1) is 10.6 Å². The van der Waals surface area contributed by atoms with Crippen molar-refractivity contribution in [2.24, 2.45) is 0 Å². The zero-order valence-electron chi connectivity index (χ0n) is 16.6. The maximum Gasteiger partial charge on any atom is 0.243 e. The summed E-state index contributed by atoms with van der Waals surface area (Å²) in [5.74, 6) is -0.273. The van der Waals surface area contributed by atoms with E-state index in [0.717, 1.165) is 27.8 Å². The number of halogens is 1. The minimum Gasteiger partial charge on any atom is -0.367 e. The second-order valence-electron chi connectivity index (χ2n) is 7.30. The summed E-state index contributed by atoms with van der Waals surface area (Å²) in [6.07, 6.45) is 0. The van der Waals surface area contributed by atoms with Gasteiger partial charge in [-0.25, -0.2) is 12.8 Å². The molecule has 1 saturated heterocycles. The number of para-hydroxylation sites is 1. The molecule has 0 aromatic heterocycles. The zero-order chi connectivity index (χ0) is 19.9. The fourth-order valence-corrected chi connectivity index (χ4v) is 5.84. The molecule has 0 bridgehead atoms. The minimum absolute atomic E-state index is 0.273. The average Bonchev–Trinajstić information content (AvgIpc) is 2.65. The first kappa shape index (κ1) is 19.8. The standard InChI is InChI=1S/C21H27FN2O2S/c1-14-15(2)17(4)21(18(5)16(14)3)27(25,26)24-12-10-23(11-13-24)20-9-7-6-8-19(20)22/h6-9H,10-13H2,1-5H3. The van der Waals surface area contributed by atoms with Gasteiger partial charge in [0.2, 0.25) is 10.0 Å². The lowest BCUT2D eigenvalue weighted by atomic mass is 9.95. The van der Waals surface area contributed by atoms with Gasteiger partial charge in [-0.3, -0.25) is 0 Å². The van der Waals surface area contributed by atoms with E-state index >= 15 is 0 Å². The molecule has 0 atom stereocenters. The van der Waals surface area contributed by atoms with Crippen molar-refractivity contribution < 1.29 is 12.8 Å². The first-order valence-electron chi connectivity index (χ1n) is 9.22. The van der Waals surface area contributed by atoms with Crippen LogP contribution in [0.1, 0.15) is 27.8 Å². The van der Waals surface area contributed by atoms with Gasteiger partial charge >= 0.3 is 0 Å². The van der Waals surface area contributed by atoms with Gasteiger partial charge in [0.25, 0.3) is 0 Å². The van der Waals surface area contributed by atoms with E-state index in [1.165, 1.54) is 10.4 Å². The van der Waals surface area contributed by atoms with Gasteiger partial charge in [-0.05, 0) is 74.6 Å². The molecule has 2 aromatic rings. The molecule has 2 aromatic carbocycles. The van der Waals surface area contributed by atoms with E-state index < -0.39 is 10.0 Å². The Morgan fingerprint density at radius 2 is 1.26 bits per heavy atom. The Bertz CT molecular complexity index is 949. The topological polar surface area (TPSA) is 40.6 Å². The summed E-state index contributed by atoms with van der Waals surface area (Å²) in [6.45, 7) is 11.4. The van der Waals surface area contributed by atoms with Crippen molar-refractivity contribution in [2.45, 2.75) is 39.5 Å². The molecular formula is C21H27FN2O2S. The molecule has 1 aliphatic heterocycles. The fourth-order valence-electron chi connectivity index (χ4n) is 3.86. The van der Waals surface area contributed by atoms with Gasteiger partial charge in [-0.15, -0.1) is 0 Å². The molecule has 0 radical (unpaired) electrons. The number of nitrogens with zero attached hydrogens (tertiary/aromatic N) is 2. The van der Waals surface area contributed by atoms with E-state index in [0.29, 0.717) is 36.8 Å². The highest BCUT2D eigenvalue weighted by Crippen LogP contribution is 2.32. The lowest BCUT2D eigenvalue weighted by molar-refractivity contribution is 0.382. The van der Waals surface area contributed by atoms with Gasteiger partial charge in [-0.2, -0.15) is 4.31 Å². The molecule has 6 heteroatoms. The number of benzene rings is 2. The van der Waals surface area contributed by atoms with Crippen molar-refractivity contribution >= 4 is 15.7 Å². The van der Waals surface area contributed by atoms with E-state index in [1.54, 1.807) is 18.2 Å². The Morgan fingerprint density at radius 3 is 1.78 bits per heavy atom. The number of piperazine rings is 1. The minimum atomic E-state index is -3.59. The van der Waals surface area contributed by atoms with Crippen molar-refractivity contribution in [3.63, 3.8) is 0 Å². The van der Waals surface area contributed by atoms with Crippen LogP contribution in [0, 0.1) is 40.4 Å². The van der Waals surface area contributed by atoms with Gasteiger partial charge in [0.1, 0.15) is 5.82 Å². The van der Waals surface area contributed by atoms with Crippen LogP contribution in [-0.4, -0.2) is 38.9 Å². The second kappa shape index (κ2) is 7.24. The third kappa shape index (κ3) is 3.36. The Morgan fingerprint density at radius 1 is 0.778 bits per heavy atom. The summed E-state index contributed by atoms with van der Waals surface area (Å²) in [6, 6.07) is 6.63. The summed E-state index contributed by atoms with van der Waals surface area (Å²) in [5.41, 5.74) is 5.39. The van der Waals surface area contributed by atoms with Crippen molar-refractivity contribution in [1.29, 1.82) is 0 Å². The van der Waals surface area contributed by atoms with Crippen LogP contribution < -0.4 is 4.90 Å². The molecule has 0 amide bonds. The smallest absolute Gasteiger partial charge is 0.243 e. The molecule has 27 heavy (non-hydrogen) atoms. The molecule has 146 valence electrons. The highest BCUT2D eigenvalue weighted by molar-refractivity contribution is 7.89. The summed E-state index contributed by atoms with van der Waals surface area (Å²) < 4.78 is 42.3. The quantitative estimate of drug-likeness (QED) is 0.799. The van der Waals surface area contributed by atoms with Crippen molar-refractivity contribution in [2.75, 3.05) is 31.1 Å². The Hall–Kier alpha value is -1.92. The van der Waals surface area contributed by atoms with Crippen LogP contribution >= 0.6 is 0 Å². The molecule has 1 fully saturated rings. The van der Waals surface area contributed by atoms with Gasteiger partial charge in [-0.1, -0.05) is 12.1 Å². The number of rotatable bonds is 3. The molecule has 0 N–H and O–H groups in total. The molecule has 0 aliphatic carbocycles. The van der Waals surface area contributed by atoms with Gasteiger partial charge in [0.15, 0.2) is 0 Å². The number of hydrogen-bond acceptors (Lipinski definition) is 3. The number of anilines is 1. The first-order valence-corrected chi connectivity index (χ1v) is 10.7. The third-order valence-electron chi connectivity index (χ3n) is 5.96. The van der Waals surface area contributed by atoms with Crippen LogP contribution in [0.5, 0.6) is 0 Å². The van der Waals surface area contributed by atoms with Gasteiger partial charge in [0, 0.05) is 26.2 Å². The van der Waals surface area contributed by atoms with E-state index in [4.69, 9.17) is 0 Å². The number of hydrogen-bond donors (Lipinski definition) is 0. The summed E-state index contributed by atoms with van der Waals surface area (Å²) in [7, 11) is -3.59. The van der Waals surface area contributed by atoms with E-state index in [2.05, 4.69) is 0 Å². The summed E-state index contributed by atoms with van der Waals surface area (Å²) in [4.78, 5) is 2.34. The van der Waals surface area contributed by atoms with E-state index in [1.807, 2.05) is 39.5 Å². The lowest BCUT2D eigenvalue weighted by Crippen LogP contribution is -2.49. The van der Waals surface area contributed by atoms with Crippen LogP contribution in [0.4, 0.5) is 10.1 Å². The van der Waals surface area contributed by atoms with Crippen LogP contribution in [0.25, 0.3) is 0 Å². The Labute approximate surface area is 161 Å². The monoisotopic (exact) mass is 390 g/mol. The SMILES string of the molecule is Cc1c(C)c(C)c(S(=O)(=O)N2CCN(c3ccccc3F)CC2)c(C)c1C. The van der Waals surface area contributed by atoms with Gasteiger partial charge < -0.3 is 4.90 Å². The van der Waals surface area contributed by atoms with Crippen molar-refractivity contribution in [3.8, 4) is 0 Å². The normalized spacial score (nSPS) is 16.0. The Kier molecular flexibility index (Phi) is 5.32. The molecule has 0 spiro atoms. The highest BCUT2D eigenvalue weighted by Gasteiger charge is 2.32. The molecule has 1 heterocycles. The molecule has 0 unspecified atom stereocenters. The predicted octanol–water partition coefficient (Wildman–Crippen LogP) is 3.88. The first-order chi connectivity index (χ1) is 12.7. The highest BCUT2D eigenvalue weighted by atomic mass is 32.2. The average molecular weight is 391 g/mol. The molecule has 4 nitrogen and oxygen atoms in total. The lowest BCUT2D eigenvalue weighted by Gasteiger charge is -2.36. The van der Waals surface area contributed by atoms with E-state index in [-0.39, 0.29) is 5.82 Å².